The van der Waals surface area contributed by atoms with Crippen LogP contribution in [0.4, 0.5) is 5.82 Å². The fraction of sp³-hybridized carbons (Fsp3) is 0.0714. The molecule has 20 heavy (non-hydrogen) atoms. The largest absolute Gasteiger partial charge is 0.477 e. The van der Waals surface area contributed by atoms with Crippen molar-refractivity contribution in [3.05, 3.63) is 59.8 Å². The Morgan fingerprint density at radius 3 is 2.40 bits per heavy atom. The summed E-state index contributed by atoms with van der Waals surface area (Å²) in [6.07, 6.45) is -1.34. The lowest BCUT2D eigenvalue weighted by Gasteiger charge is -2.11. The molecular weight excluding hydrogens is 260 g/mol. The van der Waals surface area contributed by atoms with Crippen molar-refractivity contribution in [1.82, 2.24) is 4.98 Å². The Hall–Kier alpha value is -2.73. The molecule has 102 valence electrons. The molecule has 2 aromatic rings. The van der Waals surface area contributed by atoms with Gasteiger partial charge >= 0.3 is 5.97 Å². The van der Waals surface area contributed by atoms with Crippen LogP contribution in [-0.2, 0) is 4.79 Å². The zero-order valence-corrected chi connectivity index (χ0v) is 10.4. The van der Waals surface area contributed by atoms with E-state index in [-0.39, 0.29) is 11.5 Å². The van der Waals surface area contributed by atoms with E-state index in [4.69, 9.17) is 5.11 Å². The second-order valence-electron chi connectivity index (χ2n) is 4.02. The number of carbonyl (C=O) groups excluding carboxylic acids is 1. The molecule has 0 saturated carbocycles. The van der Waals surface area contributed by atoms with Gasteiger partial charge in [0.15, 0.2) is 11.8 Å². The highest BCUT2D eigenvalue weighted by Crippen LogP contribution is 2.14. The van der Waals surface area contributed by atoms with Gasteiger partial charge in [-0.25, -0.2) is 9.78 Å². The maximum atomic E-state index is 11.8. The van der Waals surface area contributed by atoms with Gasteiger partial charge < -0.3 is 15.5 Å². The Morgan fingerprint density at radius 1 is 1.05 bits per heavy atom. The van der Waals surface area contributed by atoms with Gasteiger partial charge in [-0.15, -0.1) is 0 Å². The first-order chi connectivity index (χ1) is 9.58. The normalized spacial score (nSPS) is 11.7. The van der Waals surface area contributed by atoms with Crippen LogP contribution in [0, 0.1) is 0 Å². The highest BCUT2D eigenvalue weighted by Gasteiger charge is 2.17. The Balaban J connectivity index is 2.12. The van der Waals surface area contributed by atoms with E-state index in [0.29, 0.717) is 5.56 Å². The van der Waals surface area contributed by atoms with Crippen LogP contribution >= 0.6 is 0 Å². The minimum Gasteiger partial charge on any atom is -0.477 e. The number of carbonyl (C=O) groups is 2. The molecule has 0 radical (unpaired) electrons. The highest BCUT2D eigenvalue weighted by atomic mass is 16.4. The predicted molar refractivity (Wildman–Crippen MR) is 71.2 cm³/mol. The lowest BCUT2D eigenvalue weighted by molar-refractivity contribution is -0.124. The molecule has 0 spiro atoms. The van der Waals surface area contributed by atoms with Crippen molar-refractivity contribution < 1.29 is 19.8 Å². The summed E-state index contributed by atoms with van der Waals surface area (Å²) in [6, 6.07) is 12.6. The number of carboxylic acid groups (broad SMARTS) is 1. The van der Waals surface area contributed by atoms with Crippen LogP contribution in [0.3, 0.4) is 0 Å². The summed E-state index contributed by atoms with van der Waals surface area (Å²) in [7, 11) is 0. The SMILES string of the molecule is O=C(O)c1cccc(NC(=O)C(O)c2ccccc2)n1. The zero-order valence-electron chi connectivity index (χ0n) is 10.4. The van der Waals surface area contributed by atoms with E-state index in [1.165, 1.54) is 18.2 Å². The number of amides is 1. The summed E-state index contributed by atoms with van der Waals surface area (Å²) in [5.74, 6) is -1.79. The van der Waals surface area contributed by atoms with E-state index in [1.54, 1.807) is 30.3 Å². The van der Waals surface area contributed by atoms with Crippen LogP contribution in [-0.4, -0.2) is 27.1 Å². The molecule has 0 aliphatic carbocycles. The number of hydrogen-bond donors (Lipinski definition) is 3. The number of aliphatic hydroxyl groups is 1. The van der Waals surface area contributed by atoms with Crippen molar-refractivity contribution >= 4 is 17.7 Å². The topological polar surface area (TPSA) is 99.5 Å². The molecule has 3 N–H and O–H groups in total. The first kappa shape index (κ1) is 13.7. The molecule has 0 fully saturated rings. The van der Waals surface area contributed by atoms with Crippen LogP contribution in [0.15, 0.2) is 48.5 Å². The first-order valence-corrected chi connectivity index (χ1v) is 5.82. The van der Waals surface area contributed by atoms with Gasteiger partial charge in [0.2, 0.25) is 0 Å². The summed E-state index contributed by atoms with van der Waals surface area (Å²) in [5, 5.41) is 21.1. The molecule has 0 saturated heterocycles. The third kappa shape index (κ3) is 3.18. The number of aromatic carboxylic acids is 1. The van der Waals surface area contributed by atoms with Gasteiger partial charge in [0, 0.05) is 0 Å². The fourth-order valence-electron chi connectivity index (χ4n) is 1.60. The van der Waals surface area contributed by atoms with Crippen LogP contribution in [0.2, 0.25) is 0 Å². The summed E-state index contributed by atoms with van der Waals surface area (Å²) in [4.78, 5) is 26.4. The molecule has 6 nitrogen and oxygen atoms in total. The number of aromatic nitrogens is 1. The third-order valence-electron chi connectivity index (χ3n) is 2.58. The quantitative estimate of drug-likeness (QED) is 0.782. The summed E-state index contributed by atoms with van der Waals surface area (Å²) >= 11 is 0. The molecule has 1 aromatic carbocycles. The molecule has 0 bridgehead atoms. The lowest BCUT2D eigenvalue weighted by atomic mass is 10.1. The van der Waals surface area contributed by atoms with Crippen LogP contribution < -0.4 is 5.32 Å². The number of aliphatic hydroxyl groups excluding tert-OH is 1. The Morgan fingerprint density at radius 2 is 1.75 bits per heavy atom. The van der Waals surface area contributed by atoms with Gasteiger partial charge in [-0.1, -0.05) is 36.4 Å². The molecule has 1 unspecified atom stereocenters. The van der Waals surface area contributed by atoms with Crippen LogP contribution in [0.1, 0.15) is 22.2 Å². The number of anilines is 1. The number of nitrogens with one attached hydrogen (secondary N) is 1. The van der Waals surface area contributed by atoms with E-state index in [0.717, 1.165) is 0 Å². The van der Waals surface area contributed by atoms with Gasteiger partial charge in [-0.3, -0.25) is 4.79 Å². The average molecular weight is 272 g/mol. The number of pyridine rings is 1. The van der Waals surface area contributed by atoms with E-state index in [1.807, 2.05) is 0 Å². The Labute approximate surface area is 114 Å². The van der Waals surface area contributed by atoms with Gasteiger partial charge in [0.25, 0.3) is 5.91 Å². The smallest absolute Gasteiger partial charge is 0.354 e. The van der Waals surface area contributed by atoms with E-state index < -0.39 is 18.0 Å². The van der Waals surface area contributed by atoms with Crippen LogP contribution in [0.25, 0.3) is 0 Å². The van der Waals surface area contributed by atoms with Crippen LogP contribution in [0.5, 0.6) is 0 Å². The fourth-order valence-corrected chi connectivity index (χ4v) is 1.60. The average Bonchev–Trinajstić information content (AvgIpc) is 2.47. The number of rotatable bonds is 4. The molecule has 2 rings (SSSR count). The van der Waals surface area contributed by atoms with Gasteiger partial charge in [-0.05, 0) is 17.7 Å². The standard InChI is InChI=1S/C14H12N2O4/c17-12(9-5-2-1-3-6-9)13(18)16-11-8-4-7-10(15-11)14(19)20/h1-8,12,17H,(H,19,20)(H,15,16,18). The number of benzene rings is 1. The van der Waals surface area contributed by atoms with Crippen molar-refractivity contribution in [2.45, 2.75) is 6.10 Å². The molecule has 1 heterocycles. The van der Waals surface area contributed by atoms with E-state index >= 15 is 0 Å². The number of nitrogens with zero attached hydrogens (tertiary/aromatic N) is 1. The van der Waals surface area contributed by atoms with E-state index in [2.05, 4.69) is 10.3 Å². The molecule has 1 aromatic heterocycles. The predicted octanol–water partition coefficient (Wildman–Crippen LogP) is 1.45. The van der Waals surface area contributed by atoms with Crippen molar-refractivity contribution in [3.8, 4) is 0 Å². The van der Waals surface area contributed by atoms with Crippen molar-refractivity contribution in [2.24, 2.45) is 0 Å². The molecule has 0 aliphatic heterocycles. The van der Waals surface area contributed by atoms with Gasteiger partial charge in [0.1, 0.15) is 5.82 Å². The second kappa shape index (κ2) is 5.94. The third-order valence-corrected chi connectivity index (χ3v) is 2.58. The number of carboxylic acids is 1. The summed E-state index contributed by atoms with van der Waals surface area (Å²) < 4.78 is 0. The molecule has 6 heteroatoms. The highest BCUT2D eigenvalue weighted by molar-refractivity contribution is 5.94. The lowest BCUT2D eigenvalue weighted by Crippen LogP contribution is -2.21. The van der Waals surface area contributed by atoms with Crippen molar-refractivity contribution in [1.29, 1.82) is 0 Å². The van der Waals surface area contributed by atoms with Gasteiger partial charge in [-0.2, -0.15) is 0 Å². The van der Waals surface area contributed by atoms with E-state index in [9.17, 15) is 14.7 Å². The van der Waals surface area contributed by atoms with Gasteiger partial charge in [0.05, 0.1) is 0 Å². The number of hydrogen-bond acceptors (Lipinski definition) is 4. The molecular formula is C14H12N2O4. The minimum atomic E-state index is -1.34. The summed E-state index contributed by atoms with van der Waals surface area (Å²) in [5.41, 5.74) is 0.261. The molecule has 1 amide bonds. The Bertz CT molecular complexity index is 628. The molecule has 1 atom stereocenters. The maximum absolute atomic E-state index is 11.8. The second-order valence-corrected chi connectivity index (χ2v) is 4.02. The van der Waals surface area contributed by atoms with Crippen molar-refractivity contribution in [3.63, 3.8) is 0 Å². The minimum absolute atomic E-state index is 0.0740. The molecule has 0 aliphatic rings. The van der Waals surface area contributed by atoms with Crippen molar-refractivity contribution in [2.75, 3.05) is 5.32 Å². The Kier molecular flexibility index (Phi) is 4.07. The monoisotopic (exact) mass is 272 g/mol. The maximum Gasteiger partial charge on any atom is 0.354 e. The zero-order chi connectivity index (χ0) is 14.5. The summed E-state index contributed by atoms with van der Waals surface area (Å²) in [6.45, 7) is 0. The first-order valence-electron chi connectivity index (χ1n) is 5.82.